The van der Waals surface area contributed by atoms with Crippen molar-refractivity contribution < 1.29 is 18.0 Å². The second kappa shape index (κ2) is 8.24. The summed E-state index contributed by atoms with van der Waals surface area (Å²) in [7, 11) is 1.60. The van der Waals surface area contributed by atoms with E-state index in [0.717, 1.165) is 11.3 Å². The monoisotopic (exact) mass is 373 g/mol. The van der Waals surface area contributed by atoms with Gasteiger partial charge in [0.2, 0.25) is 0 Å². The van der Waals surface area contributed by atoms with Crippen LogP contribution in [0, 0.1) is 0 Å². The molecule has 2 rings (SSSR count). The van der Waals surface area contributed by atoms with E-state index in [4.69, 9.17) is 0 Å². The minimum absolute atomic E-state index is 0.0503. The van der Waals surface area contributed by atoms with E-state index in [1.54, 1.807) is 18.1 Å². The van der Waals surface area contributed by atoms with E-state index >= 15 is 0 Å². The maximum absolute atomic E-state index is 12.1. The Morgan fingerprint density at radius 3 is 2.60 bits per heavy atom. The summed E-state index contributed by atoms with van der Waals surface area (Å²) in [5, 5.41) is 6.52. The Balaban J connectivity index is 1.88. The smallest absolute Gasteiger partial charge is 0.337 e. The molecule has 0 aliphatic carbocycles. The van der Waals surface area contributed by atoms with Gasteiger partial charge in [0.25, 0.3) is 0 Å². The molecule has 1 heterocycles. The number of hydrogen-bond donors (Lipinski definition) is 1. The minimum atomic E-state index is -4.28. The van der Waals surface area contributed by atoms with Crippen LogP contribution in [-0.2, 0) is 0 Å². The highest BCUT2D eigenvalue weighted by atomic mass is 32.2. The zero-order valence-electron chi connectivity index (χ0n) is 13.7. The van der Waals surface area contributed by atoms with Crippen molar-refractivity contribution in [2.24, 2.45) is 0 Å². The molecule has 0 unspecified atom stereocenters. The molecule has 0 saturated carbocycles. The Morgan fingerprint density at radius 1 is 1.36 bits per heavy atom. The lowest BCUT2D eigenvalue weighted by Crippen LogP contribution is -2.39. The topological polar surface area (TPSA) is 63.1 Å². The van der Waals surface area contributed by atoms with E-state index in [9.17, 15) is 18.0 Å². The van der Waals surface area contributed by atoms with Crippen molar-refractivity contribution in [3.63, 3.8) is 0 Å². The van der Waals surface area contributed by atoms with Crippen molar-refractivity contribution in [1.29, 1.82) is 0 Å². The number of thioether (sulfide) groups is 1. The van der Waals surface area contributed by atoms with Gasteiger partial charge >= 0.3 is 11.5 Å². The summed E-state index contributed by atoms with van der Waals surface area (Å²) in [5.41, 5.74) is -2.55. The van der Waals surface area contributed by atoms with Gasteiger partial charge in [0, 0.05) is 19.3 Å². The van der Waals surface area contributed by atoms with Crippen LogP contribution in [0.1, 0.15) is 18.5 Å². The second-order valence-corrected chi connectivity index (χ2v) is 6.40. The molecule has 1 aromatic heterocycles. The van der Waals surface area contributed by atoms with Gasteiger partial charge in [-0.15, -0.1) is 0 Å². The van der Waals surface area contributed by atoms with Crippen LogP contribution < -0.4 is 5.32 Å². The number of nitrogens with zero attached hydrogens (tertiary/aromatic N) is 4. The summed E-state index contributed by atoms with van der Waals surface area (Å²) in [6, 6.07) is 6.78. The van der Waals surface area contributed by atoms with Gasteiger partial charge in [0.05, 0.1) is 11.7 Å². The molecule has 0 radical (unpaired) electrons. The van der Waals surface area contributed by atoms with Crippen LogP contribution in [0.5, 0.6) is 0 Å². The maximum atomic E-state index is 12.1. The van der Waals surface area contributed by atoms with Gasteiger partial charge in [-0.1, -0.05) is 12.1 Å². The molecule has 6 nitrogen and oxygen atoms in total. The molecular weight excluding hydrogens is 355 g/mol. The molecule has 1 aromatic carbocycles. The van der Waals surface area contributed by atoms with Crippen molar-refractivity contribution in [2.75, 3.05) is 19.3 Å². The van der Waals surface area contributed by atoms with E-state index in [1.165, 1.54) is 11.2 Å². The highest BCUT2D eigenvalue weighted by Gasteiger charge is 2.27. The molecule has 0 spiro atoms. The van der Waals surface area contributed by atoms with Crippen molar-refractivity contribution in [3.05, 3.63) is 42.5 Å². The third-order valence-corrected chi connectivity index (χ3v) is 4.34. The Morgan fingerprint density at radius 2 is 2.04 bits per heavy atom. The SMILES string of the molecule is C[C@@H](c1ccc(-n2cncn2)cc1)N(C)C(=O)NCCSC(F)(F)F. The largest absolute Gasteiger partial charge is 0.441 e. The zero-order chi connectivity index (χ0) is 18.4. The fraction of sp³-hybridized carbons (Fsp3) is 0.400. The number of rotatable bonds is 6. The molecule has 0 bridgehead atoms. The zero-order valence-corrected chi connectivity index (χ0v) is 14.5. The van der Waals surface area contributed by atoms with Gasteiger partial charge in [-0.25, -0.2) is 14.5 Å². The van der Waals surface area contributed by atoms with E-state index < -0.39 is 11.5 Å². The Kier molecular flexibility index (Phi) is 6.29. The van der Waals surface area contributed by atoms with Crippen LogP contribution in [0.3, 0.4) is 0 Å². The van der Waals surface area contributed by atoms with E-state index in [1.807, 2.05) is 31.2 Å². The first-order valence-corrected chi connectivity index (χ1v) is 8.43. The molecule has 2 aromatic rings. The first kappa shape index (κ1) is 19.1. The fourth-order valence-electron chi connectivity index (χ4n) is 2.10. The third kappa shape index (κ3) is 5.66. The highest BCUT2D eigenvalue weighted by Crippen LogP contribution is 2.29. The van der Waals surface area contributed by atoms with E-state index in [0.29, 0.717) is 0 Å². The van der Waals surface area contributed by atoms with Crippen LogP contribution in [-0.4, -0.2) is 50.5 Å². The molecule has 2 amide bonds. The summed E-state index contributed by atoms with van der Waals surface area (Å²) < 4.78 is 37.8. The summed E-state index contributed by atoms with van der Waals surface area (Å²) in [4.78, 5) is 17.4. The predicted molar refractivity (Wildman–Crippen MR) is 89.4 cm³/mol. The Hall–Kier alpha value is -2.23. The number of halogens is 3. The summed E-state index contributed by atoms with van der Waals surface area (Å²) in [6.45, 7) is 1.79. The molecule has 0 aliphatic heterocycles. The van der Waals surface area contributed by atoms with Gasteiger partial charge in [-0.05, 0) is 36.4 Å². The van der Waals surface area contributed by atoms with Crippen molar-refractivity contribution in [1.82, 2.24) is 25.0 Å². The first-order valence-electron chi connectivity index (χ1n) is 7.44. The standard InChI is InChI=1S/C15H18F3N5OS/c1-11(22(2)14(24)20-7-8-25-15(16,17)18)12-3-5-13(6-4-12)23-10-19-9-21-23/h3-6,9-11H,7-8H2,1-2H3,(H,20,24)/t11-/m0/s1. The minimum Gasteiger partial charge on any atom is -0.337 e. The quantitative estimate of drug-likeness (QED) is 0.790. The number of aromatic nitrogens is 3. The van der Waals surface area contributed by atoms with Crippen LogP contribution in [0.25, 0.3) is 5.69 Å². The van der Waals surface area contributed by atoms with Gasteiger partial charge in [-0.3, -0.25) is 0 Å². The van der Waals surface area contributed by atoms with Gasteiger partial charge in [0.1, 0.15) is 12.7 Å². The normalized spacial score (nSPS) is 12.7. The number of carbonyl (C=O) groups excluding carboxylic acids is 1. The van der Waals surface area contributed by atoms with Crippen molar-refractivity contribution in [3.8, 4) is 5.69 Å². The fourth-order valence-corrected chi connectivity index (χ4v) is 2.53. The van der Waals surface area contributed by atoms with E-state index in [2.05, 4.69) is 15.4 Å². The summed E-state index contributed by atoms with van der Waals surface area (Å²) >= 11 is -0.154. The van der Waals surface area contributed by atoms with Crippen LogP contribution in [0.2, 0.25) is 0 Å². The van der Waals surface area contributed by atoms with Gasteiger partial charge in [-0.2, -0.15) is 18.3 Å². The summed E-state index contributed by atoms with van der Waals surface area (Å²) in [5.74, 6) is -0.218. The number of benzene rings is 1. The molecule has 1 atom stereocenters. The number of hydrogen-bond acceptors (Lipinski definition) is 4. The van der Waals surface area contributed by atoms with Crippen LogP contribution >= 0.6 is 11.8 Å². The molecule has 0 aliphatic rings. The molecule has 10 heteroatoms. The number of alkyl halides is 3. The van der Waals surface area contributed by atoms with E-state index in [-0.39, 0.29) is 30.1 Å². The van der Waals surface area contributed by atoms with Gasteiger partial charge in [0.15, 0.2) is 0 Å². The number of nitrogens with one attached hydrogen (secondary N) is 1. The van der Waals surface area contributed by atoms with Crippen molar-refractivity contribution in [2.45, 2.75) is 18.5 Å². The molecule has 136 valence electrons. The van der Waals surface area contributed by atoms with Crippen LogP contribution in [0.15, 0.2) is 36.9 Å². The average Bonchev–Trinajstić information content (AvgIpc) is 3.11. The Bertz CT molecular complexity index is 675. The predicted octanol–water partition coefficient (Wildman–Crippen LogP) is 3.22. The Labute approximate surface area is 147 Å². The van der Waals surface area contributed by atoms with Crippen molar-refractivity contribution >= 4 is 17.8 Å². The molecule has 0 saturated heterocycles. The lowest BCUT2D eigenvalue weighted by Gasteiger charge is -2.25. The molecule has 1 N–H and O–H groups in total. The average molecular weight is 373 g/mol. The third-order valence-electron chi connectivity index (χ3n) is 3.60. The van der Waals surface area contributed by atoms with Crippen LogP contribution in [0.4, 0.5) is 18.0 Å². The molecule has 0 fully saturated rings. The lowest BCUT2D eigenvalue weighted by molar-refractivity contribution is -0.0327. The molecular formula is C15H18F3N5OS. The number of urea groups is 1. The first-order chi connectivity index (χ1) is 11.8. The van der Waals surface area contributed by atoms with Gasteiger partial charge < -0.3 is 10.2 Å². The number of carbonyl (C=O) groups is 1. The highest BCUT2D eigenvalue weighted by molar-refractivity contribution is 8.00. The maximum Gasteiger partial charge on any atom is 0.441 e. The number of amides is 2. The summed E-state index contributed by atoms with van der Waals surface area (Å²) in [6.07, 6.45) is 3.02. The molecule has 25 heavy (non-hydrogen) atoms. The lowest BCUT2D eigenvalue weighted by atomic mass is 10.1. The second-order valence-electron chi connectivity index (χ2n) is 5.24.